The number of thiazole rings is 1. The van der Waals surface area contributed by atoms with E-state index in [-0.39, 0.29) is 6.10 Å². The van der Waals surface area contributed by atoms with Gasteiger partial charge >= 0.3 is 0 Å². The molecule has 6 heteroatoms. The summed E-state index contributed by atoms with van der Waals surface area (Å²) in [5.41, 5.74) is 0.854. The van der Waals surface area contributed by atoms with Gasteiger partial charge in [0, 0.05) is 11.8 Å². The first kappa shape index (κ1) is 28.2. The molecule has 0 bridgehead atoms. The largest absolute Gasteiger partial charge is 0.410 e. The van der Waals surface area contributed by atoms with Gasteiger partial charge in [0.1, 0.15) is 0 Å². The first-order valence-electron chi connectivity index (χ1n) is 11.8. The molecule has 0 fully saturated rings. The van der Waals surface area contributed by atoms with Gasteiger partial charge < -0.3 is 14.6 Å². The topological polar surface area (TPSA) is 62.6 Å². The van der Waals surface area contributed by atoms with E-state index in [0.29, 0.717) is 18.8 Å². The summed E-state index contributed by atoms with van der Waals surface area (Å²) in [4.78, 5) is 4.56. The maximum Gasteiger partial charge on any atom is 0.192 e. The molecule has 0 saturated heterocycles. The van der Waals surface area contributed by atoms with E-state index in [1.807, 2.05) is 18.4 Å². The van der Waals surface area contributed by atoms with Gasteiger partial charge in [-0.2, -0.15) is 0 Å². The average molecular weight is 468 g/mol. The van der Waals surface area contributed by atoms with Crippen LogP contribution in [0.15, 0.2) is 23.6 Å². The number of aliphatic hydroxyl groups excluding tert-OH is 1. The van der Waals surface area contributed by atoms with Crippen LogP contribution in [0.25, 0.3) is 6.08 Å². The molecule has 31 heavy (non-hydrogen) atoms. The van der Waals surface area contributed by atoms with Gasteiger partial charge in [-0.05, 0) is 75.7 Å². The number of rotatable bonds is 15. The van der Waals surface area contributed by atoms with Gasteiger partial charge in [-0.3, -0.25) is 0 Å². The Kier molecular flexibility index (Phi) is 11.9. The number of aryl methyl sites for hydroxylation is 1. The summed E-state index contributed by atoms with van der Waals surface area (Å²) in [5, 5.41) is 25.1. The molecule has 1 heterocycles. The number of allylic oxidation sites excluding steroid dienone is 1. The Morgan fingerprint density at radius 2 is 1.94 bits per heavy atom. The molecule has 0 unspecified atom stereocenters. The van der Waals surface area contributed by atoms with Crippen LogP contribution in [0.3, 0.4) is 0 Å². The first-order valence-corrected chi connectivity index (χ1v) is 15.2. The Morgan fingerprint density at radius 3 is 2.42 bits per heavy atom. The lowest BCUT2D eigenvalue weighted by atomic mass is 9.87. The van der Waals surface area contributed by atoms with Crippen LogP contribution in [-0.2, 0) is 4.43 Å². The lowest BCUT2D eigenvalue weighted by molar-refractivity contribution is -0.0811. The zero-order valence-electron chi connectivity index (χ0n) is 20.8. The van der Waals surface area contributed by atoms with Crippen molar-refractivity contribution in [3.63, 3.8) is 0 Å². The summed E-state index contributed by atoms with van der Waals surface area (Å²) >= 11 is 1.63. The molecule has 0 aliphatic heterocycles. The van der Waals surface area contributed by atoms with Gasteiger partial charge in [0.15, 0.2) is 8.32 Å². The predicted octanol–water partition coefficient (Wildman–Crippen LogP) is 6.74. The number of hydrogen-bond donors (Lipinski definition) is 2. The van der Waals surface area contributed by atoms with Crippen molar-refractivity contribution in [3.05, 3.63) is 34.3 Å². The van der Waals surface area contributed by atoms with Crippen LogP contribution < -0.4 is 0 Å². The lowest BCUT2D eigenvalue weighted by Gasteiger charge is -2.37. The third-order valence-corrected chi connectivity index (χ3v) is 12.2. The molecule has 0 radical (unpaired) electrons. The maximum absolute atomic E-state index is 11.0. The van der Waals surface area contributed by atoms with Crippen molar-refractivity contribution in [1.29, 1.82) is 0 Å². The minimum absolute atomic E-state index is 0.220. The van der Waals surface area contributed by atoms with Crippen molar-refractivity contribution in [2.45, 2.75) is 110 Å². The zero-order chi connectivity index (χ0) is 23.7. The standard InChI is InChI=1S/C25H45NO3SSi/c1-9-19(5)14-13-15-25(8,28)24(27)17-23(29-31(10-2,11-3)12-4)20(6)16-22-18-30-21(7)26-22/h9,16,18-19,23-24,27-28H,1,10-15,17H2,2-8H3/b20-16+/t19-,23+,24-,25-/m1/s1. The summed E-state index contributed by atoms with van der Waals surface area (Å²) < 4.78 is 6.81. The fraction of sp³-hybridized carbons (Fsp3) is 0.720. The normalized spacial score (nSPS) is 17.8. The first-order chi connectivity index (χ1) is 14.5. The van der Waals surface area contributed by atoms with Crippen LogP contribution in [-0.4, -0.2) is 41.3 Å². The molecule has 1 aromatic heterocycles. The van der Waals surface area contributed by atoms with E-state index >= 15 is 0 Å². The summed E-state index contributed by atoms with van der Waals surface area (Å²) in [6.45, 7) is 18.4. The molecule has 0 aromatic carbocycles. The molecule has 4 atom stereocenters. The van der Waals surface area contributed by atoms with E-state index in [4.69, 9.17) is 4.43 Å². The van der Waals surface area contributed by atoms with Gasteiger partial charge in [0.2, 0.25) is 0 Å². The van der Waals surface area contributed by atoms with Crippen LogP contribution in [0, 0.1) is 12.8 Å². The third kappa shape index (κ3) is 8.93. The van der Waals surface area contributed by atoms with Crippen molar-refractivity contribution in [2.24, 2.45) is 5.92 Å². The van der Waals surface area contributed by atoms with Crippen LogP contribution >= 0.6 is 11.3 Å². The second kappa shape index (κ2) is 13.0. The van der Waals surface area contributed by atoms with Crippen molar-refractivity contribution in [2.75, 3.05) is 0 Å². The SMILES string of the molecule is C=C[C@@H](C)CCC[C@@](C)(O)[C@H](O)C[C@H](O[Si](CC)(CC)CC)/C(C)=C/c1csc(C)n1. The number of aromatic nitrogens is 1. The van der Waals surface area contributed by atoms with Gasteiger partial charge in [-0.1, -0.05) is 33.8 Å². The van der Waals surface area contributed by atoms with Crippen molar-refractivity contribution < 1.29 is 14.6 Å². The molecule has 1 aromatic rings. The molecule has 0 aliphatic rings. The number of nitrogens with zero attached hydrogens (tertiary/aromatic N) is 1. The highest BCUT2D eigenvalue weighted by atomic mass is 32.1. The molecule has 0 amide bonds. The monoisotopic (exact) mass is 467 g/mol. The van der Waals surface area contributed by atoms with Crippen molar-refractivity contribution in [3.8, 4) is 0 Å². The van der Waals surface area contributed by atoms with Crippen LogP contribution in [0.4, 0.5) is 0 Å². The van der Waals surface area contributed by atoms with E-state index in [9.17, 15) is 10.2 Å². The van der Waals surface area contributed by atoms with E-state index in [1.165, 1.54) is 0 Å². The van der Waals surface area contributed by atoms with Crippen molar-refractivity contribution in [1.82, 2.24) is 4.98 Å². The summed E-state index contributed by atoms with van der Waals surface area (Å²) in [7, 11) is -1.89. The molecule has 4 nitrogen and oxygen atoms in total. The minimum Gasteiger partial charge on any atom is -0.410 e. The maximum atomic E-state index is 11.0. The highest BCUT2D eigenvalue weighted by Gasteiger charge is 2.37. The third-order valence-electron chi connectivity index (χ3n) is 6.75. The smallest absolute Gasteiger partial charge is 0.192 e. The fourth-order valence-corrected chi connectivity index (χ4v) is 7.38. The minimum atomic E-state index is -1.89. The van der Waals surface area contributed by atoms with Gasteiger partial charge in [-0.25, -0.2) is 4.98 Å². The quantitative estimate of drug-likeness (QED) is 0.221. The van der Waals surface area contributed by atoms with E-state index in [1.54, 1.807) is 18.3 Å². The average Bonchev–Trinajstić information content (AvgIpc) is 3.15. The van der Waals surface area contributed by atoms with E-state index in [2.05, 4.69) is 52.3 Å². The molecule has 2 N–H and O–H groups in total. The van der Waals surface area contributed by atoms with Gasteiger partial charge in [0.05, 0.1) is 28.5 Å². The lowest BCUT2D eigenvalue weighted by Crippen LogP contribution is -2.46. The molecule has 178 valence electrons. The number of aliphatic hydroxyl groups is 2. The summed E-state index contributed by atoms with van der Waals surface area (Å²) in [6, 6.07) is 3.14. The molecule has 0 saturated carbocycles. The Balaban J connectivity index is 3.04. The number of hydrogen-bond acceptors (Lipinski definition) is 5. The summed E-state index contributed by atoms with van der Waals surface area (Å²) in [5.74, 6) is 0.418. The van der Waals surface area contributed by atoms with Crippen molar-refractivity contribution >= 4 is 25.7 Å². The molecule has 0 aliphatic carbocycles. The van der Waals surface area contributed by atoms with E-state index < -0.39 is 20.0 Å². The zero-order valence-corrected chi connectivity index (χ0v) is 22.6. The predicted molar refractivity (Wildman–Crippen MR) is 137 cm³/mol. The molecular formula is C25H45NO3SSi. The Labute approximate surface area is 195 Å². The van der Waals surface area contributed by atoms with E-state index in [0.717, 1.165) is 47.2 Å². The molecular weight excluding hydrogens is 422 g/mol. The summed E-state index contributed by atoms with van der Waals surface area (Å²) in [6.07, 6.45) is 5.71. The van der Waals surface area contributed by atoms with Crippen LogP contribution in [0.1, 0.15) is 77.9 Å². The van der Waals surface area contributed by atoms with Crippen LogP contribution in [0.2, 0.25) is 18.1 Å². The molecule has 1 rings (SSSR count). The fourth-order valence-electron chi connectivity index (χ4n) is 3.92. The second-order valence-corrected chi connectivity index (χ2v) is 15.0. The Bertz CT molecular complexity index is 688. The highest BCUT2D eigenvalue weighted by Crippen LogP contribution is 2.31. The molecule has 0 spiro atoms. The van der Waals surface area contributed by atoms with Crippen LogP contribution in [0.5, 0.6) is 0 Å². The second-order valence-electron chi connectivity index (χ2n) is 9.24. The van der Waals surface area contributed by atoms with Gasteiger partial charge in [0.25, 0.3) is 0 Å². The Hall–Kier alpha value is -0.793. The van der Waals surface area contributed by atoms with Gasteiger partial charge in [-0.15, -0.1) is 17.9 Å². The Morgan fingerprint density at radius 1 is 1.32 bits per heavy atom. The highest BCUT2D eigenvalue weighted by molar-refractivity contribution is 7.09.